The van der Waals surface area contributed by atoms with E-state index in [-0.39, 0.29) is 0 Å². The molecule has 1 aliphatic rings. The lowest BCUT2D eigenvalue weighted by Crippen LogP contribution is -2.28. The van der Waals surface area contributed by atoms with E-state index in [0.29, 0.717) is 11.3 Å². The number of para-hydroxylation sites is 2. The molecule has 2 aromatic heterocycles. The van der Waals surface area contributed by atoms with Crippen LogP contribution in [0.4, 0.5) is 22.7 Å². The summed E-state index contributed by atoms with van der Waals surface area (Å²) in [7, 11) is 0. The van der Waals surface area contributed by atoms with Crippen molar-refractivity contribution in [3.8, 4) is 11.5 Å². The molecule has 1 aliphatic carbocycles. The largest absolute Gasteiger partial charge is 0.457 e. The smallest absolute Gasteiger partial charge is 0.127 e. The summed E-state index contributed by atoms with van der Waals surface area (Å²) in [6, 6.07) is 32.5. The fourth-order valence-corrected chi connectivity index (χ4v) is 5.87. The summed E-state index contributed by atoms with van der Waals surface area (Å²) in [6.45, 7) is 10.5. The predicted molar refractivity (Wildman–Crippen MR) is 179 cm³/mol. The molecule has 1 fully saturated rings. The monoisotopic (exact) mass is 562 g/mol. The van der Waals surface area contributed by atoms with Crippen molar-refractivity contribution in [2.24, 2.45) is 0 Å². The average Bonchev–Trinajstić information content (AvgIpc) is 3.00. The molecule has 5 heteroatoms. The number of nitrogens with one attached hydrogen (secondary N) is 2. The molecule has 43 heavy (non-hydrogen) atoms. The van der Waals surface area contributed by atoms with Crippen molar-refractivity contribution in [2.45, 2.75) is 38.5 Å². The third kappa shape index (κ3) is 5.19. The molecule has 2 N–H and O–H groups in total. The van der Waals surface area contributed by atoms with Gasteiger partial charge in [-0.2, -0.15) is 0 Å². The molecule has 0 atom stereocenters. The van der Waals surface area contributed by atoms with Crippen LogP contribution in [0.15, 0.2) is 97.1 Å². The topological polar surface area (TPSA) is 59.1 Å². The van der Waals surface area contributed by atoms with Gasteiger partial charge in [0.15, 0.2) is 0 Å². The maximum absolute atomic E-state index is 6.19. The molecule has 0 saturated heterocycles. The van der Waals surface area contributed by atoms with Gasteiger partial charge >= 0.3 is 0 Å². The van der Waals surface area contributed by atoms with E-state index in [1.807, 2.05) is 60.7 Å². The van der Waals surface area contributed by atoms with Gasteiger partial charge in [-0.3, -0.25) is 4.98 Å². The summed E-state index contributed by atoms with van der Waals surface area (Å²) in [5, 5.41) is 10.9. The van der Waals surface area contributed by atoms with Gasteiger partial charge in [-0.05, 0) is 85.5 Å². The van der Waals surface area contributed by atoms with Crippen LogP contribution < -0.4 is 25.9 Å². The highest BCUT2D eigenvalue weighted by Gasteiger charge is 2.26. The fourth-order valence-electron chi connectivity index (χ4n) is 5.87. The first-order valence-electron chi connectivity index (χ1n) is 15.0. The number of hydrogen-bond donors (Lipinski definition) is 2. The number of rotatable bonds is 8. The Labute approximate surface area is 251 Å². The van der Waals surface area contributed by atoms with Gasteiger partial charge in [0.1, 0.15) is 11.5 Å². The summed E-state index contributed by atoms with van der Waals surface area (Å²) < 4.78 is 6.19. The normalized spacial score (nSPS) is 13.1. The van der Waals surface area contributed by atoms with E-state index in [1.165, 1.54) is 36.2 Å². The molecule has 0 bridgehead atoms. The summed E-state index contributed by atoms with van der Waals surface area (Å²) in [5.41, 5.74) is 8.59. The van der Waals surface area contributed by atoms with E-state index < -0.39 is 0 Å². The van der Waals surface area contributed by atoms with Gasteiger partial charge in [0, 0.05) is 39.0 Å². The highest BCUT2D eigenvalue weighted by atomic mass is 16.5. The zero-order valence-corrected chi connectivity index (χ0v) is 24.4. The van der Waals surface area contributed by atoms with Crippen LogP contribution in [0.2, 0.25) is 0 Å². The zero-order valence-electron chi connectivity index (χ0n) is 24.4. The molecule has 5 nitrogen and oxygen atoms in total. The Balaban J connectivity index is 1.09. The Bertz CT molecular complexity index is 2050. The summed E-state index contributed by atoms with van der Waals surface area (Å²) in [4.78, 5) is 9.67. The van der Waals surface area contributed by atoms with Crippen molar-refractivity contribution in [1.29, 1.82) is 0 Å². The van der Waals surface area contributed by atoms with E-state index in [1.54, 1.807) is 0 Å². The standard InChI is InChI=1S/C38H34N4O/c1-4-31-37(26-10-9-11-26)42-35-15-8-6-13-33(35)38(31)41-28-18-22-30(23-19-28)43-29-20-16-27(17-21-29)40-36-24(2)25(3)39-34-14-7-5-12-32(34)36/h5-8,12-23,26,40H,2-4,9-11H2,1H3,(H,41,42). The van der Waals surface area contributed by atoms with E-state index in [9.17, 15) is 0 Å². The van der Waals surface area contributed by atoms with Gasteiger partial charge in [0.2, 0.25) is 0 Å². The minimum atomic E-state index is 0.573. The molecule has 6 aromatic rings. The van der Waals surface area contributed by atoms with Crippen molar-refractivity contribution in [3.05, 3.63) is 119 Å². The van der Waals surface area contributed by atoms with Crippen molar-refractivity contribution < 1.29 is 4.74 Å². The Morgan fingerprint density at radius 2 is 1.23 bits per heavy atom. The van der Waals surface area contributed by atoms with Gasteiger partial charge < -0.3 is 15.4 Å². The molecule has 0 amide bonds. The average molecular weight is 563 g/mol. The van der Waals surface area contributed by atoms with Gasteiger partial charge in [-0.25, -0.2) is 4.98 Å². The van der Waals surface area contributed by atoms with Crippen molar-refractivity contribution in [1.82, 2.24) is 9.97 Å². The number of benzene rings is 4. The first kappa shape index (κ1) is 26.7. The summed E-state index contributed by atoms with van der Waals surface area (Å²) in [5.74, 6) is 2.11. The second-order valence-electron chi connectivity index (χ2n) is 11.2. The highest BCUT2D eigenvalue weighted by molar-refractivity contribution is 5.95. The minimum absolute atomic E-state index is 0.573. The van der Waals surface area contributed by atoms with E-state index in [2.05, 4.69) is 72.1 Å². The Morgan fingerprint density at radius 1 is 0.698 bits per heavy atom. The second kappa shape index (κ2) is 11.3. The molecule has 0 unspecified atom stereocenters. The molecule has 1 saturated carbocycles. The van der Waals surface area contributed by atoms with E-state index in [4.69, 9.17) is 9.72 Å². The molecule has 4 aromatic carbocycles. The number of anilines is 4. The van der Waals surface area contributed by atoms with Crippen LogP contribution in [-0.2, 0) is 6.42 Å². The second-order valence-corrected chi connectivity index (χ2v) is 11.2. The number of ether oxygens (including phenoxy) is 1. The van der Waals surface area contributed by atoms with Crippen LogP contribution >= 0.6 is 0 Å². The minimum Gasteiger partial charge on any atom is -0.457 e. The van der Waals surface area contributed by atoms with E-state index in [0.717, 1.165) is 62.0 Å². The van der Waals surface area contributed by atoms with Crippen LogP contribution in [0.3, 0.4) is 0 Å². The number of fused-ring (bicyclic) bond motifs is 2. The number of aromatic nitrogens is 2. The lowest BCUT2D eigenvalue weighted by Gasteiger charge is -2.29. The molecular weight excluding hydrogens is 528 g/mol. The Kier molecular flexibility index (Phi) is 6.99. The Morgan fingerprint density at radius 3 is 1.79 bits per heavy atom. The molecule has 0 spiro atoms. The third-order valence-corrected chi connectivity index (χ3v) is 8.43. The lowest BCUT2D eigenvalue weighted by molar-refractivity contribution is 0.409. The van der Waals surface area contributed by atoms with Crippen LogP contribution in [0, 0.1) is 0 Å². The SMILES string of the molecule is C=c1nc2ccccc2c(Nc2ccc(Oc3ccc(Nc4c(CC)c(C5CCC5)nc5ccccc45)cc3)cc2)c1=C. The molecule has 212 valence electrons. The molecule has 0 aliphatic heterocycles. The summed E-state index contributed by atoms with van der Waals surface area (Å²) >= 11 is 0. The maximum Gasteiger partial charge on any atom is 0.127 e. The molecule has 7 rings (SSSR count). The van der Waals surface area contributed by atoms with Crippen molar-refractivity contribution >= 4 is 57.7 Å². The van der Waals surface area contributed by atoms with Crippen molar-refractivity contribution in [3.63, 3.8) is 0 Å². The fraction of sp³-hybridized carbons (Fsp3) is 0.158. The number of pyridine rings is 2. The molecule has 0 radical (unpaired) electrons. The number of hydrogen-bond acceptors (Lipinski definition) is 5. The quantitative estimate of drug-likeness (QED) is 0.194. The first-order valence-corrected chi connectivity index (χ1v) is 15.0. The van der Waals surface area contributed by atoms with Gasteiger partial charge in [-0.1, -0.05) is 62.9 Å². The zero-order chi connectivity index (χ0) is 29.3. The summed E-state index contributed by atoms with van der Waals surface area (Å²) in [6.07, 6.45) is 4.70. The van der Waals surface area contributed by atoms with Crippen LogP contribution in [-0.4, -0.2) is 9.97 Å². The van der Waals surface area contributed by atoms with Crippen LogP contribution in [0.25, 0.3) is 35.0 Å². The van der Waals surface area contributed by atoms with Gasteiger partial charge in [0.05, 0.1) is 27.8 Å². The first-order chi connectivity index (χ1) is 21.1. The molecular formula is C38H34N4O. The Hall–Kier alpha value is -5.16. The number of nitrogens with zero attached hydrogens (tertiary/aromatic N) is 2. The predicted octanol–water partition coefficient (Wildman–Crippen LogP) is 8.71. The van der Waals surface area contributed by atoms with Crippen LogP contribution in [0.5, 0.6) is 11.5 Å². The van der Waals surface area contributed by atoms with Crippen LogP contribution in [0.1, 0.15) is 43.4 Å². The van der Waals surface area contributed by atoms with E-state index >= 15 is 0 Å². The highest BCUT2D eigenvalue weighted by Crippen LogP contribution is 2.42. The van der Waals surface area contributed by atoms with Crippen molar-refractivity contribution in [2.75, 3.05) is 10.6 Å². The lowest BCUT2D eigenvalue weighted by atomic mass is 9.80. The van der Waals surface area contributed by atoms with Gasteiger partial charge in [-0.15, -0.1) is 0 Å². The van der Waals surface area contributed by atoms with Gasteiger partial charge in [0.25, 0.3) is 0 Å². The molecule has 2 heterocycles. The third-order valence-electron chi connectivity index (χ3n) is 8.43. The maximum atomic E-state index is 6.19.